The molecule has 1 N–H and O–H groups in total. The number of nitrogens with zero attached hydrogens (tertiary/aromatic N) is 1. The molecule has 0 radical (unpaired) electrons. The maximum Gasteiger partial charge on any atom is 0.282 e. The van der Waals surface area contributed by atoms with Crippen molar-refractivity contribution >= 4 is 28.8 Å². The second-order valence-corrected chi connectivity index (χ2v) is 7.75. The Kier molecular flexibility index (Phi) is 5.00. The van der Waals surface area contributed by atoms with Gasteiger partial charge >= 0.3 is 0 Å². The van der Waals surface area contributed by atoms with Gasteiger partial charge in [-0.15, -0.1) is 0 Å². The van der Waals surface area contributed by atoms with Gasteiger partial charge < -0.3 is 5.32 Å². The summed E-state index contributed by atoms with van der Waals surface area (Å²) >= 11 is 0. The lowest BCUT2D eigenvalue weighted by Gasteiger charge is -2.15. The van der Waals surface area contributed by atoms with Crippen LogP contribution in [0.3, 0.4) is 0 Å². The quantitative estimate of drug-likeness (QED) is 0.608. The zero-order valence-corrected chi connectivity index (χ0v) is 17.6. The van der Waals surface area contributed by atoms with Crippen molar-refractivity contribution in [3.8, 4) is 0 Å². The molecule has 0 saturated carbocycles. The molecule has 3 aromatic carbocycles. The lowest BCUT2D eigenvalue weighted by Crippen LogP contribution is -2.32. The van der Waals surface area contributed by atoms with Gasteiger partial charge in [0, 0.05) is 5.69 Å². The summed E-state index contributed by atoms with van der Waals surface area (Å²) in [5.74, 6) is -0.668. The van der Waals surface area contributed by atoms with Gasteiger partial charge in [0.15, 0.2) is 0 Å². The lowest BCUT2D eigenvalue weighted by molar-refractivity contribution is -0.120. The van der Waals surface area contributed by atoms with Gasteiger partial charge in [-0.05, 0) is 79.8 Å². The SMILES string of the molecule is Cc1ccc(NC2=C(c3ccc(C)c(C)c3)C(=O)N(c3ccccc3)C2=O)cc1C. The number of hydrogen-bond acceptors (Lipinski definition) is 3. The molecule has 0 aliphatic carbocycles. The van der Waals surface area contributed by atoms with Crippen LogP contribution in [0.25, 0.3) is 5.57 Å². The molecule has 3 aromatic rings. The Labute approximate surface area is 176 Å². The summed E-state index contributed by atoms with van der Waals surface area (Å²) in [6, 6.07) is 20.8. The fourth-order valence-corrected chi connectivity index (χ4v) is 3.59. The lowest BCUT2D eigenvalue weighted by atomic mass is 9.99. The van der Waals surface area contributed by atoms with E-state index < -0.39 is 0 Å². The first kappa shape index (κ1) is 19.6. The molecular weight excluding hydrogens is 372 g/mol. The van der Waals surface area contributed by atoms with Crippen molar-refractivity contribution in [2.75, 3.05) is 10.2 Å². The van der Waals surface area contributed by atoms with Crippen LogP contribution in [-0.4, -0.2) is 11.8 Å². The monoisotopic (exact) mass is 396 g/mol. The van der Waals surface area contributed by atoms with Crippen molar-refractivity contribution in [2.24, 2.45) is 0 Å². The maximum atomic E-state index is 13.4. The molecule has 0 aromatic heterocycles. The number of anilines is 2. The van der Waals surface area contributed by atoms with Crippen LogP contribution in [0.5, 0.6) is 0 Å². The van der Waals surface area contributed by atoms with Gasteiger partial charge in [-0.1, -0.05) is 42.5 Å². The molecule has 1 heterocycles. The summed E-state index contributed by atoms with van der Waals surface area (Å²) in [4.78, 5) is 28.1. The third-order valence-electron chi connectivity index (χ3n) is 5.67. The molecule has 30 heavy (non-hydrogen) atoms. The number of nitrogens with one attached hydrogen (secondary N) is 1. The first-order valence-electron chi connectivity index (χ1n) is 9.97. The van der Waals surface area contributed by atoms with Crippen LogP contribution >= 0.6 is 0 Å². The van der Waals surface area contributed by atoms with E-state index in [0.717, 1.165) is 27.9 Å². The highest BCUT2D eigenvalue weighted by Gasteiger charge is 2.40. The Morgan fingerprint density at radius 3 is 1.93 bits per heavy atom. The van der Waals surface area contributed by atoms with Crippen molar-refractivity contribution in [1.82, 2.24) is 0 Å². The first-order valence-corrected chi connectivity index (χ1v) is 9.97. The summed E-state index contributed by atoms with van der Waals surface area (Å²) in [5, 5.41) is 3.24. The number of rotatable bonds is 4. The van der Waals surface area contributed by atoms with Crippen LogP contribution in [0, 0.1) is 27.7 Å². The van der Waals surface area contributed by atoms with E-state index in [-0.39, 0.29) is 11.8 Å². The third kappa shape index (κ3) is 3.41. The van der Waals surface area contributed by atoms with Crippen molar-refractivity contribution < 1.29 is 9.59 Å². The molecule has 0 atom stereocenters. The van der Waals surface area contributed by atoms with Crippen LogP contribution in [0.4, 0.5) is 11.4 Å². The van der Waals surface area contributed by atoms with Crippen molar-refractivity contribution in [3.63, 3.8) is 0 Å². The predicted molar refractivity (Wildman–Crippen MR) is 121 cm³/mol. The number of hydrogen-bond donors (Lipinski definition) is 1. The van der Waals surface area contributed by atoms with E-state index in [1.807, 2.05) is 82.3 Å². The second-order valence-electron chi connectivity index (χ2n) is 7.75. The standard InChI is InChI=1S/C26H24N2O2/c1-16-10-12-20(14-18(16)3)23-24(27-21-13-11-17(2)19(4)15-21)26(30)28(25(23)29)22-8-6-5-7-9-22/h5-15,27H,1-4H3. The molecule has 150 valence electrons. The summed E-state index contributed by atoms with van der Waals surface area (Å²) in [6.07, 6.45) is 0. The molecule has 4 rings (SSSR count). The molecule has 0 unspecified atom stereocenters. The normalized spacial score (nSPS) is 13.9. The van der Waals surface area contributed by atoms with Crippen LogP contribution in [0.2, 0.25) is 0 Å². The highest BCUT2D eigenvalue weighted by molar-refractivity contribution is 6.46. The molecule has 1 aliphatic rings. The van der Waals surface area contributed by atoms with E-state index in [4.69, 9.17) is 0 Å². The molecule has 1 aliphatic heterocycles. The van der Waals surface area contributed by atoms with Crippen LogP contribution in [0.1, 0.15) is 27.8 Å². The zero-order valence-electron chi connectivity index (χ0n) is 17.6. The Morgan fingerprint density at radius 1 is 0.667 bits per heavy atom. The molecule has 0 spiro atoms. The van der Waals surface area contributed by atoms with Crippen LogP contribution < -0.4 is 10.2 Å². The Balaban J connectivity index is 1.85. The second kappa shape index (κ2) is 7.64. The van der Waals surface area contributed by atoms with E-state index in [2.05, 4.69) is 5.32 Å². The number of benzene rings is 3. The highest BCUT2D eigenvalue weighted by atomic mass is 16.2. The molecule has 2 amide bonds. The topological polar surface area (TPSA) is 49.4 Å². The highest BCUT2D eigenvalue weighted by Crippen LogP contribution is 2.34. The number of amides is 2. The number of carbonyl (C=O) groups excluding carboxylic acids is 2. The first-order chi connectivity index (χ1) is 14.4. The number of carbonyl (C=O) groups is 2. The van der Waals surface area contributed by atoms with Gasteiger partial charge in [0.1, 0.15) is 5.70 Å². The van der Waals surface area contributed by atoms with E-state index in [1.54, 1.807) is 12.1 Å². The summed E-state index contributed by atoms with van der Waals surface area (Å²) in [7, 11) is 0. The van der Waals surface area contributed by atoms with Crippen molar-refractivity contribution in [1.29, 1.82) is 0 Å². The molecule has 0 bridgehead atoms. The third-order valence-corrected chi connectivity index (χ3v) is 5.67. The Morgan fingerprint density at radius 2 is 1.30 bits per heavy atom. The average molecular weight is 396 g/mol. The van der Waals surface area contributed by atoms with Gasteiger partial charge in [0.25, 0.3) is 11.8 Å². The van der Waals surface area contributed by atoms with E-state index >= 15 is 0 Å². The fraction of sp³-hybridized carbons (Fsp3) is 0.154. The molecule has 4 nitrogen and oxygen atoms in total. The number of imide groups is 1. The molecule has 0 saturated heterocycles. The van der Waals surface area contributed by atoms with Gasteiger partial charge in [0.2, 0.25) is 0 Å². The van der Waals surface area contributed by atoms with Crippen molar-refractivity contribution in [2.45, 2.75) is 27.7 Å². The molecular formula is C26H24N2O2. The average Bonchev–Trinajstić information content (AvgIpc) is 2.97. The van der Waals surface area contributed by atoms with Gasteiger partial charge in [0.05, 0.1) is 11.3 Å². The minimum atomic E-state index is -0.349. The van der Waals surface area contributed by atoms with E-state index in [9.17, 15) is 9.59 Å². The number of aryl methyl sites for hydroxylation is 4. The van der Waals surface area contributed by atoms with Gasteiger partial charge in [-0.3, -0.25) is 9.59 Å². The largest absolute Gasteiger partial charge is 0.350 e. The maximum absolute atomic E-state index is 13.4. The van der Waals surface area contributed by atoms with Crippen LogP contribution in [0.15, 0.2) is 72.4 Å². The zero-order chi connectivity index (χ0) is 21.4. The summed E-state index contributed by atoms with van der Waals surface area (Å²) in [5.41, 5.74) is 7.27. The Hall–Kier alpha value is -3.66. The van der Waals surface area contributed by atoms with Gasteiger partial charge in [-0.25, -0.2) is 4.90 Å². The minimum Gasteiger partial charge on any atom is -0.350 e. The fourth-order valence-electron chi connectivity index (χ4n) is 3.59. The van der Waals surface area contributed by atoms with Gasteiger partial charge in [-0.2, -0.15) is 0 Å². The minimum absolute atomic E-state index is 0.301. The predicted octanol–water partition coefficient (Wildman–Crippen LogP) is 5.32. The van der Waals surface area contributed by atoms with E-state index in [0.29, 0.717) is 17.0 Å². The van der Waals surface area contributed by atoms with E-state index in [1.165, 1.54) is 10.5 Å². The van der Waals surface area contributed by atoms with Crippen molar-refractivity contribution in [3.05, 3.63) is 100 Å². The molecule has 4 heteroatoms. The Bertz CT molecular complexity index is 1190. The molecule has 0 fully saturated rings. The number of para-hydroxylation sites is 1. The van der Waals surface area contributed by atoms with Crippen LogP contribution in [-0.2, 0) is 9.59 Å². The smallest absolute Gasteiger partial charge is 0.282 e. The summed E-state index contributed by atoms with van der Waals surface area (Å²) < 4.78 is 0. The summed E-state index contributed by atoms with van der Waals surface area (Å²) in [6.45, 7) is 8.10.